The molecule has 2 N–H and O–H groups in total. The maximum atomic E-state index is 11.9. The summed E-state index contributed by atoms with van der Waals surface area (Å²) in [6, 6.07) is 14.6. The van der Waals surface area contributed by atoms with E-state index in [0.29, 0.717) is 12.2 Å². The van der Waals surface area contributed by atoms with Gasteiger partial charge in [-0.2, -0.15) is 0 Å². The number of urea groups is 1. The molecule has 0 heterocycles. The van der Waals surface area contributed by atoms with Gasteiger partial charge in [0.05, 0.1) is 13.2 Å². The summed E-state index contributed by atoms with van der Waals surface area (Å²) in [5.41, 5.74) is 1.72. The molecule has 0 atom stereocenters. The number of hydrogen-bond donors (Lipinski definition) is 2. The van der Waals surface area contributed by atoms with Crippen molar-refractivity contribution in [2.45, 2.75) is 26.5 Å². The van der Waals surface area contributed by atoms with E-state index >= 15 is 0 Å². The fourth-order valence-electron chi connectivity index (χ4n) is 1.99. The minimum atomic E-state index is -0.252. The van der Waals surface area contributed by atoms with Gasteiger partial charge in [0.1, 0.15) is 11.5 Å². The molecule has 0 aliphatic heterocycles. The first kappa shape index (κ1) is 16.7. The van der Waals surface area contributed by atoms with Crippen LogP contribution in [0, 0.1) is 0 Å². The maximum absolute atomic E-state index is 11.9. The van der Waals surface area contributed by atoms with Crippen LogP contribution in [0.2, 0.25) is 0 Å². The largest absolute Gasteiger partial charge is 0.497 e. The lowest BCUT2D eigenvalue weighted by atomic mass is 10.2. The van der Waals surface area contributed by atoms with Crippen molar-refractivity contribution in [1.82, 2.24) is 5.32 Å². The first-order valence-corrected chi connectivity index (χ1v) is 7.51. The van der Waals surface area contributed by atoms with Crippen LogP contribution in [0.5, 0.6) is 11.5 Å². The molecule has 0 aliphatic rings. The highest BCUT2D eigenvalue weighted by molar-refractivity contribution is 5.89. The van der Waals surface area contributed by atoms with Crippen molar-refractivity contribution in [3.8, 4) is 11.5 Å². The molecule has 0 radical (unpaired) electrons. The lowest BCUT2D eigenvalue weighted by molar-refractivity contribution is 0.242. The van der Waals surface area contributed by atoms with Gasteiger partial charge in [-0.15, -0.1) is 0 Å². The molecule has 2 amide bonds. The molecule has 5 heteroatoms. The van der Waals surface area contributed by atoms with Gasteiger partial charge in [0.15, 0.2) is 0 Å². The molecule has 2 rings (SSSR count). The molecule has 0 aliphatic carbocycles. The zero-order chi connectivity index (χ0) is 16.7. The molecule has 0 spiro atoms. The number of carbonyl (C=O) groups excluding carboxylic acids is 1. The van der Waals surface area contributed by atoms with E-state index in [0.717, 1.165) is 17.1 Å². The third-order valence-corrected chi connectivity index (χ3v) is 3.10. The van der Waals surface area contributed by atoms with E-state index in [4.69, 9.17) is 9.47 Å². The van der Waals surface area contributed by atoms with Gasteiger partial charge in [-0.05, 0) is 55.8 Å². The van der Waals surface area contributed by atoms with Crippen LogP contribution in [0.1, 0.15) is 19.4 Å². The zero-order valence-corrected chi connectivity index (χ0v) is 13.6. The van der Waals surface area contributed by atoms with Crippen LogP contribution in [0.3, 0.4) is 0 Å². The van der Waals surface area contributed by atoms with E-state index in [1.807, 2.05) is 62.4 Å². The molecule has 0 unspecified atom stereocenters. The number of methoxy groups -OCH3 is 1. The molecular weight excluding hydrogens is 292 g/mol. The number of anilines is 1. The Bertz CT molecular complexity index is 622. The summed E-state index contributed by atoms with van der Waals surface area (Å²) in [4.78, 5) is 11.9. The highest BCUT2D eigenvalue weighted by atomic mass is 16.5. The van der Waals surface area contributed by atoms with Gasteiger partial charge in [0, 0.05) is 12.2 Å². The molecule has 0 fully saturated rings. The number of nitrogens with one attached hydrogen (secondary N) is 2. The molecule has 2 aromatic carbocycles. The van der Waals surface area contributed by atoms with E-state index in [1.165, 1.54) is 0 Å². The minimum Gasteiger partial charge on any atom is -0.497 e. The van der Waals surface area contributed by atoms with Gasteiger partial charge in [-0.1, -0.05) is 12.1 Å². The van der Waals surface area contributed by atoms with E-state index in [2.05, 4.69) is 10.6 Å². The van der Waals surface area contributed by atoms with Crippen molar-refractivity contribution in [3.05, 3.63) is 54.1 Å². The Balaban J connectivity index is 1.81. The van der Waals surface area contributed by atoms with E-state index in [9.17, 15) is 4.79 Å². The van der Waals surface area contributed by atoms with Crippen molar-refractivity contribution in [2.24, 2.45) is 0 Å². The first-order chi connectivity index (χ1) is 11.1. The minimum absolute atomic E-state index is 0.126. The summed E-state index contributed by atoms with van der Waals surface area (Å²) < 4.78 is 10.7. The predicted molar refractivity (Wildman–Crippen MR) is 91.1 cm³/mol. The quantitative estimate of drug-likeness (QED) is 0.852. The average Bonchev–Trinajstić information content (AvgIpc) is 2.55. The maximum Gasteiger partial charge on any atom is 0.319 e. The summed E-state index contributed by atoms with van der Waals surface area (Å²) in [5, 5.41) is 5.59. The molecule has 5 nitrogen and oxygen atoms in total. The van der Waals surface area contributed by atoms with Gasteiger partial charge >= 0.3 is 6.03 Å². The van der Waals surface area contributed by atoms with Gasteiger partial charge in [-0.25, -0.2) is 4.79 Å². The Morgan fingerprint density at radius 1 is 1.00 bits per heavy atom. The number of amides is 2. The number of benzene rings is 2. The third-order valence-electron chi connectivity index (χ3n) is 3.10. The van der Waals surface area contributed by atoms with Crippen LogP contribution in [0.25, 0.3) is 0 Å². The molecule has 23 heavy (non-hydrogen) atoms. The molecule has 0 bridgehead atoms. The lowest BCUT2D eigenvalue weighted by Crippen LogP contribution is -2.28. The molecule has 0 aromatic heterocycles. The highest BCUT2D eigenvalue weighted by Crippen LogP contribution is 2.17. The van der Waals surface area contributed by atoms with E-state index in [-0.39, 0.29) is 12.1 Å². The smallest absolute Gasteiger partial charge is 0.319 e. The fraction of sp³-hybridized carbons (Fsp3) is 0.278. The Labute approximate surface area is 136 Å². The summed E-state index contributed by atoms with van der Waals surface area (Å²) >= 11 is 0. The monoisotopic (exact) mass is 314 g/mol. The van der Waals surface area contributed by atoms with Crippen molar-refractivity contribution < 1.29 is 14.3 Å². The Kier molecular flexibility index (Phi) is 5.86. The lowest BCUT2D eigenvalue weighted by Gasteiger charge is -2.11. The van der Waals surface area contributed by atoms with Crippen LogP contribution in [0.4, 0.5) is 10.5 Å². The average molecular weight is 314 g/mol. The van der Waals surface area contributed by atoms with Crippen LogP contribution < -0.4 is 20.1 Å². The van der Waals surface area contributed by atoms with Gasteiger partial charge in [-0.3, -0.25) is 0 Å². The Morgan fingerprint density at radius 2 is 1.61 bits per heavy atom. The van der Waals surface area contributed by atoms with Crippen molar-refractivity contribution in [1.29, 1.82) is 0 Å². The van der Waals surface area contributed by atoms with Gasteiger partial charge in [0.25, 0.3) is 0 Å². The van der Waals surface area contributed by atoms with E-state index in [1.54, 1.807) is 7.11 Å². The molecule has 0 saturated heterocycles. The number of rotatable bonds is 6. The summed E-state index contributed by atoms with van der Waals surface area (Å²) in [6.45, 7) is 4.39. The summed E-state index contributed by atoms with van der Waals surface area (Å²) in [5.74, 6) is 1.58. The number of ether oxygens (including phenoxy) is 2. The predicted octanol–water partition coefficient (Wildman–Crippen LogP) is 3.80. The first-order valence-electron chi connectivity index (χ1n) is 7.51. The van der Waals surface area contributed by atoms with Crippen molar-refractivity contribution in [3.63, 3.8) is 0 Å². The van der Waals surface area contributed by atoms with Gasteiger partial charge < -0.3 is 20.1 Å². The third kappa shape index (κ3) is 5.54. The van der Waals surface area contributed by atoms with Gasteiger partial charge in [0.2, 0.25) is 0 Å². The van der Waals surface area contributed by atoms with Crippen LogP contribution in [-0.4, -0.2) is 19.2 Å². The second-order valence-corrected chi connectivity index (χ2v) is 5.35. The second kappa shape index (κ2) is 8.08. The fourth-order valence-corrected chi connectivity index (χ4v) is 1.99. The molecular formula is C18H22N2O3. The number of hydrogen-bond acceptors (Lipinski definition) is 3. The number of carbonyl (C=O) groups is 1. The standard InChI is InChI=1S/C18H22N2O3/c1-13(2)23-17-10-6-15(7-11-17)20-18(21)19-12-14-4-8-16(22-3)9-5-14/h4-11,13H,12H2,1-3H3,(H2,19,20,21). The molecule has 0 saturated carbocycles. The normalized spacial score (nSPS) is 10.3. The highest BCUT2D eigenvalue weighted by Gasteiger charge is 2.03. The Morgan fingerprint density at radius 3 is 2.17 bits per heavy atom. The van der Waals surface area contributed by atoms with Crippen molar-refractivity contribution >= 4 is 11.7 Å². The van der Waals surface area contributed by atoms with Crippen LogP contribution in [-0.2, 0) is 6.54 Å². The van der Waals surface area contributed by atoms with E-state index < -0.39 is 0 Å². The molecule has 122 valence electrons. The topological polar surface area (TPSA) is 59.6 Å². The Hall–Kier alpha value is -2.69. The molecule has 2 aromatic rings. The summed E-state index contributed by atoms with van der Waals surface area (Å²) in [7, 11) is 1.62. The summed E-state index contributed by atoms with van der Waals surface area (Å²) in [6.07, 6.45) is 0.126. The SMILES string of the molecule is COc1ccc(CNC(=O)Nc2ccc(OC(C)C)cc2)cc1. The second-order valence-electron chi connectivity index (χ2n) is 5.35. The zero-order valence-electron chi connectivity index (χ0n) is 13.6. The van der Waals surface area contributed by atoms with Crippen LogP contribution >= 0.6 is 0 Å². The van der Waals surface area contributed by atoms with Crippen molar-refractivity contribution in [2.75, 3.05) is 12.4 Å². The van der Waals surface area contributed by atoms with Crippen LogP contribution in [0.15, 0.2) is 48.5 Å².